The maximum Gasteiger partial charge on any atom is 0.166 e. The number of aromatic nitrogens is 2. The summed E-state index contributed by atoms with van der Waals surface area (Å²) >= 11 is 6.85. The molecule has 0 fully saturated rings. The molecule has 0 saturated heterocycles. The molecule has 0 aromatic carbocycles. The number of hydrogen-bond acceptors (Lipinski definition) is 3. The number of nitrogens with one attached hydrogen (secondary N) is 3. The zero-order valence-corrected chi connectivity index (χ0v) is 13.1. The Labute approximate surface area is 123 Å². The zero-order chi connectivity index (χ0) is 10.9. The van der Waals surface area contributed by atoms with Gasteiger partial charge < -0.3 is 15.6 Å². The smallest absolute Gasteiger partial charge is 0.166 e. The Bertz CT molecular complexity index is 279. The predicted octanol–water partition coefficient (Wildman–Crippen LogP) is 1.40. The van der Waals surface area contributed by atoms with Gasteiger partial charge in [0.15, 0.2) is 5.11 Å². The molecule has 3 N–H and O–H groups in total. The molecular formula is C9H17IN4S2. The average molecular weight is 372 g/mol. The van der Waals surface area contributed by atoms with Crippen molar-refractivity contribution in [3.05, 3.63) is 18.2 Å². The van der Waals surface area contributed by atoms with Crippen LogP contribution >= 0.6 is 48.0 Å². The Hall–Kier alpha value is -0.0200. The van der Waals surface area contributed by atoms with E-state index in [0.29, 0.717) is 5.11 Å². The lowest BCUT2D eigenvalue weighted by Crippen LogP contribution is -2.33. The summed E-state index contributed by atoms with van der Waals surface area (Å²) in [5, 5.41) is 6.69. The highest BCUT2D eigenvalue weighted by molar-refractivity contribution is 14.0. The number of imidazole rings is 1. The molecule has 0 bridgehead atoms. The number of aromatic amines is 1. The number of thiocarbonyl (C=S) groups is 1. The molecule has 1 heterocycles. The fourth-order valence-corrected chi connectivity index (χ4v) is 1.94. The lowest BCUT2D eigenvalue weighted by molar-refractivity contribution is 0.941. The summed E-state index contributed by atoms with van der Waals surface area (Å²) in [6.07, 6.45) is 4.67. The lowest BCUT2D eigenvalue weighted by Gasteiger charge is -2.05. The fraction of sp³-hybridized carbons (Fsp3) is 0.556. The van der Waals surface area contributed by atoms with Crippen molar-refractivity contribution < 1.29 is 0 Å². The second-order valence-corrected chi connectivity index (χ2v) is 4.56. The van der Waals surface area contributed by atoms with Gasteiger partial charge in [0.25, 0.3) is 0 Å². The molecule has 0 aliphatic heterocycles. The van der Waals surface area contributed by atoms with Gasteiger partial charge in [-0.2, -0.15) is 11.8 Å². The van der Waals surface area contributed by atoms with Crippen molar-refractivity contribution >= 4 is 53.1 Å². The van der Waals surface area contributed by atoms with E-state index in [1.165, 1.54) is 0 Å². The standard InChI is InChI=1S/C9H16N4S2.HI/c1-10-9(14)12-3-5-15-4-2-8-6-11-7-13-8;/h6-7H,2-5H2,1H3,(H,11,13)(H2,10,12,14);1H. The van der Waals surface area contributed by atoms with Gasteiger partial charge in [0.1, 0.15) is 0 Å². The van der Waals surface area contributed by atoms with E-state index in [2.05, 4.69) is 20.6 Å². The topological polar surface area (TPSA) is 52.7 Å². The summed E-state index contributed by atoms with van der Waals surface area (Å²) in [4.78, 5) is 7.11. The molecule has 1 aromatic heterocycles. The number of H-pyrrole nitrogens is 1. The van der Waals surface area contributed by atoms with Gasteiger partial charge in [0.05, 0.1) is 12.0 Å². The number of hydrogen-bond donors (Lipinski definition) is 3. The van der Waals surface area contributed by atoms with Gasteiger partial charge in [0, 0.05) is 32.0 Å². The predicted molar refractivity (Wildman–Crippen MR) is 84.7 cm³/mol. The van der Waals surface area contributed by atoms with Gasteiger partial charge in [-0.1, -0.05) is 0 Å². The van der Waals surface area contributed by atoms with Gasteiger partial charge in [0.2, 0.25) is 0 Å². The van der Waals surface area contributed by atoms with E-state index in [1.807, 2.05) is 25.0 Å². The van der Waals surface area contributed by atoms with Crippen molar-refractivity contribution in [2.24, 2.45) is 0 Å². The average Bonchev–Trinajstić information content (AvgIpc) is 2.75. The molecule has 0 amide bonds. The molecule has 16 heavy (non-hydrogen) atoms. The molecule has 0 spiro atoms. The molecule has 7 heteroatoms. The van der Waals surface area contributed by atoms with Crippen LogP contribution < -0.4 is 10.6 Å². The Balaban J connectivity index is 0.00000225. The van der Waals surface area contributed by atoms with E-state index < -0.39 is 0 Å². The van der Waals surface area contributed by atoms with E-state index in [-0.39, 0.29) is 24.0 Å². The number of thioether (sulfide) groups is 1. The maximum atomic E-state index is 4.95. The Morgan fingerprint density at radius 3 is 3.00 bits per heavy atom. The zero-order valence-electron chi connectivity index (χ0n) is 9.16. The van der Waals surface area contributed by atoms with Crippen LogP contribution in [0, 0.1) is 0 Å². The maximum absolute atomic E-state index is 4.95. The van der Waals surface area contributed by atoms with Gasteiger partial charge >= 0.3 is 0 Å². The van der Waals surface area contributed by atoms with Crippen LogP contribution in [0.5, 0.6) is 0 Å². The van der Waals surface area contributed by atoms with Crippen LogP contribution in [0.25, 0.3) is 0 Å². The second-order valence-electron chi connectivity index (χ2n) is 2.93. The molecule has 0 atom stereocenters. The molecule has 92 valence electrons. The van der Waals surface area contributed by atoms with Crippen molar-refractivity contribution in [2.45, 2.75) is 6.42 Å². The Kier molecular flexibility index (Phi) is 10.1. The summed E-state index contributed by atoms with van der Waals surface area (Å²) in [6, 6.07) is 0. The van der Waals surface area contributed by atoms with Crippen LogP contribution in [0.15, 0.2) is 12.5 Å². The normalized spacial score (nSPS) is 9.31. The van der Waals surface area contributed by atoms with E-state index in [0.717, 1.165) is 30.2 Å². The van der Waals surface area contributed by atoms with Crippen LogP contribution in [0.4, 0.5) is 0 Å². The van der Waals surface area contributed by atoms with Crippen LogP contribution in [0.1, 0.15) is 5.69 Å². The van der Waals surface area contributed by atoms with E-state index >= 15 is 0 Å². The highest BCUT2D eigenvalue weighted by Crippen LogP contribution is 2.03. The van der Waals surface area contributed by atoms with Crippen LogP contribution in [0.3, 0.4) is 0 Å². The summed E-state index contributed by atoms with van der Waals surface area (Å²) in [5.74, 6) is 2.16. The van der Waals surface area contributed by atoms with Crippen molar-refractivity contribution in [1.29, 1.82) is 0 Å². The van der Waals surface area contributed by atoms with Gasteiger partial charge in [-0.05, 0) is 18.0 Å². The van der Waals surface area contributed by atoms with Crippen molar-refractivity contribution in [3.8, 4) is 0 Å². The number of aryl methyl sites for hydroxylation is 1. The lowest BCUT2D eigenvalue weighted by atomic mass is 10.4. The molecule has 1 aromatic rings. The SMILES string of the molecule is CNC(=S)NCCSCCc1c[nH]cn1.I. The summed E-state index contributed by atoms with van der Waals surface area (Å²) in [7, 11) is 1.82. The molecule has 0 aliphatic carbocycles. The second kappa shape index (κ2) is 10.2. The highest BCUT2D eigenvalue weighted by Gasteiger charge is 1.95. The third kappa shape index (κ3) is 7.29. The molecule has 0 unspecified atom stereocenters. The Morgan fingerprint density at radius 2 is 2.38 bits per heavy atom. The Morgan fingerprint density at radius 1 is 1.56 bits per heavy atom. The minimum Gasteiger partial charge on any atom is -0.366 e. The first-order chi connectivity index (χ1) is 7.33. The molecule has 0 radical (unpaired) electrons. The minimum atomic E-state index is 0. The van der Waals surface area contributed by atoms with E-state index in [1.54, 1.807) is 6.33 Å². The highest BCUT2D eigenvalue weighted by atomic mass is 127. The fourth-order valence-electron chi connectivity index (χ4n) is 1.03. The van der Waals surface area contributed by atoms with Gasteiger partial charge in [-0.3, -0.25) is 0 Å². The largest absolute Gasteiger partial charge is 0.366 e. The first kappa shape index (κ1) is 16.0. The number of nitrogens with zero attached hydrogens (tertiary/aromatic N) is 1. The molecular weight excluding hydrogens is 355 g/mol. The van der Waals surface area contributed by atoms with Crippen LogP contribution in [-0.2, 0) is 6.42 Å². The molecule has 1 rings (SSSR count). The quantitative estimate of drug-likeness (QED) is 0.401. The monoisotopic (exact) mass is 372 g/mol. The minimum absolute atomic E-state index is 0. The first-order valence-electron chi connectivity index (χ1n) is 4.84. The van der Waals surface area contributed by atoms with E-state index in [4.69, 9.17) is 12.2 Å². The first-order valence-corrected chi connectivity index (χ1v) is 6.40. The van der Waals surface area contributed by atoms with Gasteiger partial charge in [-0.15, -0.1) is 24.0 Å². The van der Waals surface area contributed by atoms with Crippen molar-refractivity contribution in [2.75, 3.05) is 25.1 Å². The summed E-state index contributed by atoms with van der Waals surface area (Å²) < 4.78 is 0. The third-order valence-electron chi connectivity index (χ3n) is 1.82. The molecule has 0 saturated carbocycles. The van der Waals surface area contributed by atoms with Crippen molar-refractivity contribution in [1.82, 2.24) is 20.6 Å². The van der Waals surface area contributed by atoms with Crippen LogP contribution in [-0.4, -0.2) is 40.2 Å². The number of halogens is 1. The molecule has 0 aliphatic rings. The summed E-state index contributed by atoms with van der Waals surface area (Å²) in [6.45, 7) is 0.908. The molecule has 4 nitrogen and oxygen atoms in total. The van der Waals surface area contributed by atoms with Crippen molar-refractivity contribution in [3.63, 3.8) is 0 Å². The number of rotatable bonds is 6. The van der Waals surface area contributed by atoms with E-state index in [9.17, 15) is 0 Å². The summed E-state index contributed by atoms with van der Waals surface area (Å²) in [5.41, 5.74) is 1.13. The third-order valence-corrected chi connectivity index (χ3v) is 3.15. The van der Waals surface area contributed by atoms with Crippen LogP contribution in [0.2, 0.25) is 0 Å². The van der Waals surface area contributed by atoms with Gasteiger partial charge in [-0.25, -0.2) is 4.98 Å².